The van der Waals surface area contributed by atoms with Crippen molar-refractivity contribution in [3.8, 4) is 0 Å². The Hall–Kier alpha value is -0.590. The third-order valence-electron chi connectivity index (χ3n) is 2.47. The quantitative estimate of drug-likeness (QED) is 0.571. The van der Waals surface area contributed by atoms with Gasteiger partial charge >= 0.3 is 0 Å². The van der Waals surface area contributed by atoms with Crippen LogP contribution < -0.4 is 0 Å². The van der Waals surface area contributed by atoms with Crippen LogP contribution >= 0.6 is 0 Å². The average Bonchev–Trinajstić information content (AvgIpc) is 2.00. The van der Waals surface area contributed by atoms with Gasteiger partial charge in [0, 0.05) is 0 Å². The van der Waals surface area contributed by atoms with Gasteiger partial charge in [0.05, 0.1) is 0 Å². The van der Waals surface area contributed by atoms with Crippen LogP contribution in [0.25, 0.3) is 0 Å². The van der Waals surface area contributed by atoms with Crippen LogP contribution in [0.15, 0.2) is 11.1 Å². The first kappa shape index (κ1) is 10.4. The van der Waals surface area contributed by atoms with Crippen molar-refractivity contribution in [1.29, 1.82) is 0 Å². The van der Waals surface area contributed by atoms with Crippen LogP contribution in [0.2, 0.25) is 0 Å². The molecule has 64 valence electrons. The highest BCUT2D eigenvalue weighted by molar-refractivity contribution is 5.93. The van der Waals surface area contributed by atoms with Crippen molar-refractivity contribution >= 4 is 5.78 Å². The van der Waals surface area contributed by atoms with E-state index in [0.717, 1.165) is 12.0 Å². The normalized spacial score (nSPS) is 15.7. The van der Waals surface area contributed by atoms with Gasteiger partial charge in [-0.3, -0.25) is 4.79 Å². The molecular weight excluding hydrogens is 136 g/mol. The van der Waals surface area contributed by atoms with Gasteiger partial charge in [0.2, 0.25) is 0 Å². The van der Waals surface area contributed by atoms with Crippen LogP contribution in [0.4, 0.5) is 0 Å². The summed E-state index contributed by atoms with van der Waals surface area (Å²) in [7, 11) is 0. The van der Waals surface area contributed by atoms with E-state index < -0.39 is 0 Å². The Balaban J connectivity index is 4.51. The van der Waals surface area contributed by atoms with Crippen LogP contribution in [-0.2, 0) is 4.79 Å². The van der Waals surface area contributed by atoms with Crippen LogP contribution in [0.1, 0.15) is 41.0 Å². The van der Waals surface area contributed by atoms with Crippen molar-refractivity contribution in [2.24, 2.45) is 5.92 Å². The molecule has 0 saturated carbocycles. The van der Waals surface area contributed by atoms with E-state index in [2.05, 4.69) is 13.8 Å². The SMILES string of the molecule is CCC(C)/C(C)=C(\C)C(C)=O. The zero-order valence-electron chi connectivity index (χ0n) is 8.19. The molecule has 0 aromatic heterocycles. The zero-order chi connectivity index (χ0) is 9.02. The van der Waals surface area contributed by atoms with E-state index in [-0.39, 0.29) is 5.78 Å². The summed E-state index contributed by atoms with van der Waals surface area (Å²) in [6.45, 7) is 9.87. The first-order chi connectivity index (χ1) is 5.00. The predicted molar refractivity (Wildman–Crippen MR) is 48.5 cm³/mol. The molecule has 1 nitrogen and oxygen atoms in total. The monoisotopic (exact) mass is 154 g/mol. The minimum Gasteiger partial charge on any atom is -0.295 e. The minimum atomic E-state index is 0.197. The largest absolute Gasteiger partial charge is 0.295 e. The summed E-state index contributed by atoms with van der Waals surface area (Å²) in [6, 6.07) is 0. The van der Waals surface area contributed by atoms with Gasteiger partial charge in [0.15, 0.2) is 5.78 Å². The van der Waals surface area contributed by atoms with E-state index in [9.17, 15) is 4.79 Å². The molecule has 0 aliphatic heterocycles. The number of carbonyl (C=O) groups excluding carboxylic acids is 1. The molecule has 0 saturated heterocycles. The fourth-order valence-corrected chi connectivity index (χ4v) is 0.953. The van der Waals surface area contributed by atoms with Gasteiger partial charge in [-0.2, -0.15) is 0 Å². The van der Waals surface area contributed by atoms with Gasteiger partial charge in [-0.25, -0.2) is 0 Å². The topological polar surface area (TPSA) is 17.1 Å². The van der Waals surface area contributed by atoms with E-state index in [0.29, 0.717) is 5.92 Å². The summed E-state index contributed by atoms with van der Waals surface area (Å²) in [5.41, 5.74) is 2.17. The molecule has 1 atom stereocenters. The second kappa shape index (κ2) is 4.32. The van der Waals surface area contributed by atoms with Gasteiger partial charge in [0.25, 0.3) is 0 Å². The van der Waals surface area contributed by atoms with Gasteiger partial charge in [0.1, 0.15) is 0 Å². The zero-order valence-corrected chi connectivity index (χ0v) is 8.19. The summed E-state index contributed by atoms with van der Waals surface area (Å²) in [4.78, 5) is 10.9. The number of hydrogen-bond acceptors (Lipinski definition) is 1. The van der Waals surface area contributed by atoms with Crippen molar-refractivity contribution in [3.63, 3.8) is 0 Å². The molecule has 0 N–H and O–H groups in total. The highest BCUT2D eigenvalue weighted by Gasteiger charge is 2.07. The lowest BCUT2D eigenvalue weighted by atomic mass is 9.94. The maximum atomic E-state index is 10.9. The third kappa shape index (κ3) is 2.87. The molecule has 1 unspecified atom stereocenters. The van der Waals surface area contributed by atoms with Crippen molar-refractivity contribution in [3.05, 3.63) is 11.1 Å². The number of hydrogen-bond donors (Lipinski definition) is 0. The standard InChI is InChI=1S/C10H18O/c1-6-7(2)8(3)9(4)10(5)11/h7H,6H2,1-5H3/b9-8+. The molecule has 0 aromatic carbocycles. The van der Waals surface area contributed by atoms with Crippen LogP contribution in [0.3, 0.4) is 0 Å². The Morgan fingerprint density at radius 3 is 2.00 bits per heavy atom. The number of carbonyl (C=O) groups is 1. The molecule has 0 rings (SSSR count). The molecule has 0 bridgehead atoms. The Labute approximate surface area is 69.5 Å². The van der Waals surface area contributed by atoms with Gasteiger partial charge in [-0.05, 0) is 38.7 Å². The molecular formula is C10H18O. The smallest absolute Gasteiger partial charge is 0.155 e. The Bertz CT molecular complexity index is 177. The molecule has 0 fully saturated rings. The van der Waals surface area contributed by atoms with Crippen LogP contribution in [0, 0.1) is 5.92 Å². The van der Waals surface area contributed by atoms with Crippen molar-refractivity contribution < 1.29 is 4.79 Å². The first-order valence-corrected chi connectivity index (χ1v) is 4.19. The lowest BCUT2D eigenvalue weighted by molar-refractivity contribution is -0.113. The predicted octanol–water partition coefficient (Wildman–Crippen LogP) is 2.96. The number of allylic oxidation sites excluding steroid dienone is 2. The summed E-state index contributed by atoms with van der Waals surface area (Å²) in [5.74, 6) is 0.738. The van der Waals surface area contributed by atoms with Gasteiger partial charge < -0.3 is 0 Å². The second-order valence-corrected chi connectivity index (χ2v) is 3.17. The molecule has 0 aliphatic carbocycles. The van der Waals surface area contributed by atoms with Crippen LogP contribution in [0.5, 0.6) is 0 Å². The molecule has 0 heterocycles. The van der Waals surface area contributed by atoms with Crippen molar-refractivity contribution in [2.45, 2.75) is 41.0 Å². The first-order valence-electron chi connectivity index (χ1n) is 4.19. The fourth-order valence-electron chi connectivity index (χ4n) is 0.953. The maximum absolute atomic E-state index is 10.9. The van der Waals surface area contributed by atoms with E-state index >= 15 is 0 Å². The molecule has 0 aromatic rings. The molecule has 0 amide bonds. The third-order valence-corrected chi connectivity index (χ3v) is 2.47. The van der Waals surface area contributed by atoms with Gasteiger partial charge in [-0.1, -0.05) is 19.4 Å². The molecule has 1 heteroatoms. The second-order valence-electron chi connectivity index (χ2n) is 3.17. The molecule has 0 aliphatic rings. The van der Waals surface area contributed by atoms with E-state index in [1.807, 2.05) is 13.8 Å². The highest BCUT2D eigenvalue weighted by atomic mass is 16.1. The average molecular weight is 154 g/mol. The maximum Gasteiger partial charge on any atom is 0.155 e. The van der Waals surface area contributed by atoms with Crippen LogP contribution in [-0.4, -0.2) is 5.78 Å². The fraction of sp³-hybridized carbons (Fsp3) is 0.700. The number of ketones is 1. The summed E-state index contributed by atoms with van der Waals surface area (Å²) >= 11 is 0. The lowest BCUT2D eigenvalue weighted by Gasteiger charge is -2.11. The minimum absolute atomic E-state index is 0.197. The van der Waals surface area contributed by atoms with E-state index in [1.165, 1.54) is 5.57 Å². The van der Waals surface area contributed by atoms with Crippen molar-refractivity contribution in [1.82, 2.24) is 0 Å². The van der Waals surface area contributed by atoms with Gasteiger partial charge in [-0.15, -0.1) is 0 Å². The Morgan fingerprint density at radius 2 is 1.73 bits per heavy atom. The van der Waals surface area contributed by atoms with Crippen molar-refractivity contribution in [2.75, 3.05) is 0 Å². The Kier molecular flexibility index (Phi) is 4.09. The lowest BCUT2D eigenvalue weighted by Crippen LogP contribution is -2.02. The van der Waals surface area contributed by atoms with E-state index in [1.54, 1.807) is 6.92 Å². The Morgan fingerprint density at radius 1 is 1.27 bits per heavy atom. The number of rotatable bonds is 3. The summed E-state index contributed by atoms with van der Waals surface area (Å²) in [6.07, 6.45) is 1.11. The summed E-state index contributed by atoms with van der Waals surface area (Å²) < 4.78 is 0. The molecule has 0 spiro atoms. The molecule has 11 heavy (non-hydrogen) atoms. The van der Waals surface area contributed by atoms with E-state index in [4.69, 9.17) is 0 Å². The highest BCUT2D eigenvalue weighted by Crippen LogP contribution is 2.17. The number of Topliss-reactive ketones (excluding diaryl/α,β-unsaturated/α-hetero) is 1. The summed E-state index contributed by atoms with van der Waals surface area (Å²) in [5, 5.41) is 0. The molecule has 0 radical (unpaired) electrons.